The summed E-state index contributed by atoms with van der Waals surface area (Å²) in [6.07, 6.45) is 1.19. The van der Waals surface area contributed by atoms with Crippen molar-refractivity contribution >= 4 is 31.0 Å². The monoisotopic (exact) mass is 519 g/mol. The van der Waals surface area contributed by atoms with Crippen molar-refractivity contribution in [2.75, 3.05) is 13.7 Å². The van der Waals surface area contributed by atoms with Crippen molar-refractivity contribution in [2.45, 2.75) is 77.6 Å². The minimum Gasteiger partial charge on any atom is -0.465 e. The van der Waals surface area contributed by atoms with Gasteiger partial charge < -0.3 is 13.7 Å². The molecule has 5 nitrogen and oxygen atoms in total. The van der Waals surface area contributed by atoms with Crippen molar-refractivity contribution in [3.05, 3.63) is 70.9 Å². The topological polar surface area (TPSA) is 57.5 Å². The average Bonchev–Trinajstić information content (AvgIpc) is 3.17. The minimum atomic E-state index is -2.04. The molecule has 1 unspecified atom stereocenters. The van der Waals surface area contributed by atoms with E-state index in [-0.39, 0.29) is 11.7 Å². The maximum absolute atomic E-state index is 13.8. The number of Topliss-reactive ketones (excluding diaryl/α,β-unsaturated/α-hetero) is 1. The van der Waals surface area contributed by atoms with Gasteiger partial charge in [-0.2, -0.15) is 0 Å². The highest BCUT2D eigenvalue weighted by molar-refractivity contribution is 6.77. The quantitative estimate of drug-likeness (QED) is 0.218. The second-order valence-corrected chi connectivity index (χ2v) is 16.9. The summed E-state index contributed by atoms with van der Waals surface area (Å²) in [6.45, 7) is 15.0. The van der Waals surface area contributed by atoms with Gasteiger partial charge in [0.1, 0.15) is 0 Å². The smallest absolute Gasteiger partial charge is 0.338 e. The van der Waals surface area contributed by atoms with E-state index < -0.39 is 14.3 Å². The number of esters is 1. The largest absolute Gasteiger partial charge is 0.465 e. The number of ether oxygens (including phenoxy) is 1. The zero-order valence-corrected chi connectivity index (χ0v) is 24.3. The fourth-order valence-corrected chi connectivity index (χ4v) is 12.3. The van der Waals surface area contributed by atoms with Gasteiger partial charge in [0.15, 0.2) is 14.1 Å². The maximum Gasteiger partial charge on any atom is 0.338 e. The molecular formula is C31H41NO4Si. The van der Waals surface area contributed by atoms with Gasteiger partial charge in [0.25, 0.3) is 0 Å². The summed E-state index contributed by atoms with van der Waals surface area (Å²) in [4.78, 5) is 26.5. The molecule has 0 N–H and O–H groups in total. The Labute approximate surface area is 222 Å². The molecule has 1 aromatic heterocycles. The first kappa shape index (κ1) is 27.3. The molecule has 1 heterocycles. The van der Waals surface area contributed by atoms with Crippen LogP contribution in [0.4, 0.5) is 0 Å². The summed E-state index contributed by atoms with van der Waals surface area (Å²) >= 11 is 0. The number of carbonyl (C=O) groups is 2. The number of nitrogens with zero attached hydrogens (tertiary/aromatic N) is 1. The van der Waals surface area contributed by atoms with E-state index in [2.05, 4.69) is 58.2 Å². The van der Waals surface area contributed by atoms with Gasteiger partial charge in [0.05, 0.1) is 18.2 Å². The Morgan fingerprint density at radius 3 is 2.19 bits per heavy atom. The molecule has 0 saturated heterocycles. The summed E-state index contributed by atoms with van der Waals surface area (Å²) in [5.41, 5.74) is 5.69. The van der Waals surface area contributed by atoms with Crippen molar-refractivity contribution in [3.8, 4) is 0 Å². The van der Waals surface area contributed by atoms with E-state index >= 15 is 0 Å². The van der Waals surface area contributed by atoms with E-state index in [0.717, 1.165) is 28.6 Å². The van der Waals surface area contributed by atoms with Gasteiger partial charge in [-0.25, -0.2) is 4.79 Å². The second-order valence-electron chi connectivity index (χ2n) is 11.4. The van der Waals surface area contributed by atoms with Crippen LogP contribution in [-0.4, -0.2) is 38.4 Å². The van der Waals surface area contributed by atoms with Crippen LogP contribution in [0, 0.1) is 5.92 Å². The van der Waals surface area contributed by atoms with Crippen LogP contribution in [0.25, 0.3) is 10.9 Å². The van der Waals surface area contributed by atoms with Gasteiger partial charge in [-0.3, -0.25) is 4.79 Å². The van der Waals surface area contributed by atoms with Gasteiger partial charge in [0.2, 0.25) is 0 Å². The standard InChI is InChI=1S/C31H41NO4Si/c1-20(2)37(21(3)4,22(5)6)36-19-24-16-27-30(28(33)17-24)29-25(31(34)35-7)14-11-15-26(29)32(27)18-23-12-9-8-10-13-23/h8-15,20-22,24H,16-19H2,1-7H3. The summed E-state index contributed by atoms with van der Waals surface area (Å²) in [5.74, 6) is -0.206. The number of hydrogen-bond acceptors (Lipinski definition) is 4. The van der Waals surface area contributed by atoms with Crippen molar-refractivity contribution in [1.29, 1.82) is 0 Å². The molecular weight excluding hydrogens is 478 g/mol. The van der Waals surface area contributed by atoms with E-state index in [9.17, 15) is 9.59 Å². The predicted molar refractivity (Wildman–Crippen MR) is 152 cm³/mol. The van der Waals surface area contributed by atoms with Crippen molar-refractivity contribution < 1.29 is 18.8 Å². The van der Waals surface area contributed by atoms with Crippen LogP contribution in [0.3, 0.4) is 0 Å². The molecule has 37 heavy (non-hydrogen) atoms. The minimum absolute atomic E-state index is 0.0916. The number of ketones is 1. The molecule has 0 radical (unpaired) electrons. The fraction of sp³-hybridized carbons (Fsp3) is 0.484. The van der Waals surface area contributed by atoms with Gasteiger partial charge in [-0.05, 0) is 46.7 Å². The highest BCUT2D eigenvalue weighted by atomic mass is 28.4. The summed E-state index contributed by atoms with van der Waals surface area (Å²) in [5, 5.41) is 0.722. The lowest BCUT2D eigenvalue weighted by atomic mass is 9.85. The zero-order valence-electron chi connectivity index (χ0n) is 23.3. The van der Waals surface area contributed by atoms with E-state index in [0.29, 0.717) is 47.3 Å². The number of methoxy groups -OCH3 is 1. The fourth-order valence-electron chi connectivity index (χ4n) is 6.78. The Bertz CT molecular complexity index is 1250. The van der Waals surface area contributed by atoms with Gasteiger partial charge in [0, 0.05) is 36.2 Å². The number of rotatable bonds is 9. The first-order valence-corrected chi connectivity index (χ1v) is 15.7. The first-order chi connectivity index (χ1) is 17.6. The third-order valence-electron chi connectivity index (χ3n) is 8.30. The van der Waals surface area contributed by atoms with Gasteiger partial charge in [-0.15, -0.1) is 0 Å². The lowest BCUT2D eigenvalue weighted by molar-refractivity contribution is 0.0603. The van der Waals surface area contributed by atoms with Gasteiger partial charge in [-0.1, -0.05) is 77.9 Å². The van der Waals surface area contributed by atoms with Crippen molar-refractivity contribution in [2.24, 2.45) is 5.92 Å². The first-order valence-electron chi connectivity index (χ1n) is 13.5. The molecule has 3 aromatic rings. The molecule has 1 aliphatic rings. The molecule has 0 amide bonds. The molecule has 1 aliphatic carbocycles. The molecule has 1 atom stereocenters. The molecule has 2 aromatic carbocycles. The van der Waals surface area contributed by atoms with Crippen molar-refractivity contribution in [1.82, 2.24) is 4.57 Å². The van der Waals surface area contributed by atoms with Gasteiger partial charge >= 0.3 is 5.97 Å². The number of aromatic nitrogens is 1. The second kappa shape index (κ2) is 11.0. The molecule has 0 bridgehead atoms. The van der Waals surface area contributed by atoms with E-state index in [1.54, 1.807) is 6.07 Å². The lowest BCUT2D eigenvalue weighted by Gasteiger charge is -2.43. The Kier molecular flexibility index (Phi) is 8.10. The van der Waals surface area contributed by atoms with Crippen LogP contribution in [0.5, 0.6) is 0 Å². The predicted octanol–water partition coefficient (Wildman–Crippen LogP) is 7.41. The van der Waals surface area contributed by atoms with Crippen molar-refractivity contribution in [3.63, 3.8) is 0 Å². The molecule has 6 heteroatoms. The highest BCUT2D eigenvalue weighted by Crippen LogP contribution is 2.43. The Hall–Kier alpha value is -2.70. The SMILES string of the molecule is COC(=O)c1cccc2c1c1c(n2Cc2ccccc2)CC(CO[Si](C(C)C)(C(C)C)C(C)C)CC1=O. The highest BCUT2D eigenvalue weighted by Gasteiger charge is 2.46. The Balaban J connectivity index is 1.78. The molecule has 198 valence electrons. The van der Waals surface area contributed by atoms with E-state index in [1.807, 2.05) is 30.3 Å². The summed E-state index contributed by atoms with van der Waals surface area (Å²) < 4.78 is 14.2. The van der Waals surface area contributed by atoms with E-state index in [4.69, 9.17) is 9.16 Å². The third-order valence-corrected chi connectivity index (χ3v) is 14.4. The van der Waals surface area contributed by atoms with Crippen LogP contribution >= 0.6 is 0 Å². The number of fused-ring (bicyclic) bond motifs is 3. The molecule has 0 saturated carbocycles. The molecule has 0 aliphatic heterocycles. The Morgan fingerprint density at radius 2 is 1.59 bits per heavy atom. The summed E-state index contributed by atoms with van der Waals surface area (Å²) in [7, 11) is -0.653. The Morgan fingerprint density at radius 1 is 0.946 bits per heavy atom. The summed E-state index contributed by atoms with van der Waals surface area (Å²) in [6, 6.07) is 15.9. The third kappa shape index (κ3) is 4.93. The number of benzene rings is 2. The molecule has 4 rings (SSSR count). The average molecular weight is 520 g/mol. The lowest BCUT2D eigenvalue weighted by Crippen LogP contribution is -2.49. The molecule has 0 spiro atoms. The number of carbonyl (C=O) groups excluding carboxylic acids is 2. The van der Waals surface area contributed by atoms with Crippen LogP contribution < -0.4 is 0 Å². The maximum atomic E-state index is 13.8. The molecule has 0 fully saturated rings. The van der Waals surface area contributed by atoms with Crippen LogP contribution in [0.15, 0.2) is 48.5 Å². The normalized spacial score (nSPS) is 16.2. The van der Waals surface area contributed by atoms with Crippen LogP contribution in [0.1, 0.15) is 79.9 Å². The van der Waals surface area contributed by atoms with E-state index in [1.165, 1.54) is 7.11 Å². The zero-order chi connectivity index (χ0) is 26.9. The number of hydrogen-bond donors (Lipinski definition) is 0. The van der Waals surface area contributed by atoms with Crippen LogP contribution in [0.2, 0.25) is 16.6 Å². The van der Waals surface area contributed by atoms with Crippen LogP contribution in [-0.2, 0) is 22.1 Å².